The lowest BCUT2D eigenvalue weighted by atomic mass is 9.83. The molecule has 0 bridgehead atoms. The highest BCUT2D eigenvalue weighted by atomic mass is 79.9. The molecule has 3 aromatic rings. The van der Waals surface area contributed by atoms with Gasteiger partial charge in [0.2, 0.25) is 11.8 Å². The predicted molar refractivity (Wildman–Crippen MR) is 111 cm³/mol. The molecule has 0 saturated carbocycles. The maximum Gasteiger partial charge on any atom is 0.244 e. The third-order valence-electron chi connectivity index (χ3n) is 4.81. The number of hydrogen-bond donors (Lipinski definition) is 2. The molecule has 0 fully saturated rings. The Morgan fingerprint density at radius 2 is 2.03 bits per heavy atom. The van der Waals surface area contributed by atoms with Crippen molar-refractivity contribution in [2.45, 2.75) is 5.92 Å². The zero-order chi connectivity index (χ0) is 20.5. The second-order valence-corrected chi connectivity index (χ2v) is 7.22. The van der Waals surface area contributed by atoms with Gasteiger partial charge in [0.25, 0.3) is 0 Å². The number of rotatable bonds is 4. The Hall–Kier alpha value is -3.44. The molecule has 1 aliphatic rings. The van der Waals surface area contributed by atoms with Crippen LogP contribution in [0.1, 0.15) is 17.0 Å². The Morgan fingerprint density at radius 1 is 1.21 bits per heavy atom. The van der Waals surface area contributed by atoms with Crippen LogP contribution in [0.2, 0.25) is 0 Å². The minimum atomic E-state index is -0.453. The summed E-state index contributed by atoms with van der Waals surface area (Å²) in [6.45, 7) is 0. The molecule has 2 heterocycles. The average molecular weight is 453 g/mol. The number of nitrogens with one attached hydrogen (secondary N) is 1. The molecule has 0 saturated heterocycles. The predicted octanol–water partition coefficient (Wildman–Crippen LogP) is 4.07. The Balaban J connectivity index is 1.93. The van der Waals surface area contributed by atoms with E-state index in [9.17, 15) is 5.26 Å². The van der Waals surface area contributed by atoms with Crippen molar-refractivity contribution in [3.05, 3.63) is 69.5 Å². The maximum absolute atomic E-state index is 9.82. The quantitative estimate of drug-likeness (QED) is 0.617. The van der Waals surface area contributed by atoms with Gasteiger partial charge in [-0.1, -0.05) is 18.2 Å². The van der Waals surface area contributed by atoms with Gasteiger partial charge in [0.15, 0.2) is 0 Å². The molecule has 4 rings (SSSR count). The van der Waals surface area contributed by atoms with Crippen LogP contribution in [0.3, 0.4) is 0 Å². The Labute approximate surface area is 175 Å². The van der Waals surface area contributed by atoms with Crippen molar-refractivity contribution in [3.8, 4) is 34.7 Å². The van der Waals surface area contributed by atoms with E-state index in [1.165, 1.54) is 0 Å². The van der Waals surface area contributed by atoms with Crippen molar-refractivity contribution in [3.63, 3.8) is 0 Å². The van der Waals surface area contributed by atoms with Crippen molar-refractivity contribution in [2.75, 3.05) is 14.2 Å². The molecule has 0 spiro atoms. The van der Waals surface area contributed by atoms with Crippen molar-refractivity contribution in [1.29, 1.82) is 5.26 Å². The highest BCUT2D eigenvalue weighted by molar-refractivity contribution is 9.10. The summed E-state index contributed by atoms with van der Waals surface area (Å²) in [6, 6.07) is 15.4. The van der Waals surface area contributed by atoms with Gasteiger partial charge in [0.1, 0.15) is 23.1 Å². The van der Waals surface area contributed by atoms with Crippen LogP contribution in [0.5, 0.6) is 17.4 Å². The second-order valence-electron chi connectivity index (χ2n) is 6.37. The van der Waals surface area contributed by atoms with Crippen LogP contribution in [0, 0.1) is 11.3 Å². The van der Waals surface area contributed by atoms with Gasteiger partial charge in [-0.2, -0.15) is 5.26 Å². The molecule has 0 amide bonds. The lowest BCUT2D eigenvalue weighted by Gasteiger charge is -2.24. The normalized spacial score (nSPS) is 15.3. The van der Waals surface area contributed by atoms with Gasteiger partial charge in [0, 0.05) is 5.56 Å². The first-order chi connectivity index (χ1) is 14.1. The molecule has 0 radical (unpaired) electrons. The van der Waals surface area contributed by atoms with E-state index < -0.39 is 5.92 Å². The van der Waals surface area contributed by atoms with E-state index >= 15 is 0 Å². The standard InChI is InChI=1S/C21H17BrN4O3/c1-27-13-5-3-4-12(8-13)19-18-17(11-6-7-16(28-2)15(22)9-11)14(10-23)20(24)29-21(18)26-25-19/h3-9,17H,24H2,1-2H3,(H,25,26)/t17-/m1/s1. The first-order valence-corrected chi connectivity index (χ1v) is 9.50. The summed E-state index contributed by atoms with van der Waals surface area (Å²) < 4.78 is 17.1. The third kappa shape index (κ3) is 3.19. The summed E-state index contributed by atoms with van der Waals surface area (Å²) in [4.78, 5) is 0. The summed E-state index contributed by atoms with van der Waals surface area (Å²) >= 11 is 3.52. The number of nitrogens with zero attached hydrogens (tertiary/aromatic N) is 2. The minimum absolute atomic E-state index is 0.0423. The molecule has 2 aromatic carbocycles. The van der Waals surface area contributed by atoms with E-state index in [1.807, 2.05) is 42.5 Å². The topological polar surface area (TPSA) is 106 Å². The number of fused-ring (bicyclic) bond motifs is 1. The molecule has 29 heavy (non-hydrogen) atoms. The SMILES string of the molecule is COc1cccc(-c2[nH]nc3c2[C@H](c2ccc(OC)c(Br)c2)C(C#N)=C(N)O3)c1. The maximum atomic E-state index is 9.82. The number of benzene rings is 2. The Bertz CT molecular complexity index is 1160. The molecule has 0 aliphatic carbocycles. The fourth-order valence-electron chi connectivity index (χ4n) is 3.44. The van der Waals surface area contributed by atoms with E-state index in [0.29, 0.717) is 23.0 Å². The van der Waals surface area contributed by atoms with Crippen LogP contribution in [0.4, 0.5) is 0 Å². The first-order valence-electron chi connectivity index (χ1n) is 8.71. The number of aromatic amines is 1. The van der Waals surface area contributed by atoms with E-state index in [4.69, 9.17) is 19.9 Å². The first kappa shape index (κ1) is 18.9. The summed E-state index contributed by atoms with van der Waals surface area (Å²) in [5, 5.41) is 17.1. The van der Waals surface area contributed by atoms with Gasteiger partial charge in [0.05, 0.1) is 35.9 Å². The Kier molecular flexibility index (Phi) is 4.91. The van der Waals surface area contributed by atoms with Gasteiger partial charge < -0.3 is 19.9 Å². The van der Waals surface area contributed by atoms with Crippen LogP contribution in [-0.2, 0) is 0 Å². The van der Waals surface area contributed by atoms with E-state index in [1.54, 1.807) is 14.2 Å². The summed E-state index contributed by atoms with van der Waals surface area (Å²) in [5.41, 5.74) is 9.55. The largest absolute Gasteiger partial charge is 0.497 e. The van der Waals surface area contributed by atoms with Gasteiger partial charge in [-0.3, -0.25) is 5.10 Å². The number of nitriles is 1. The zero-order valence-electron chi connectivity index (χ0n) is 15.7. The lowest BCUT2D eigenvalue weighted by Crippen LogP contribution is -2.21. The highest BCUT2D eigenvalue weighted by Gasteiger charge is 2.35. The average Bonchev–Trinajstić information content (AvgIpc) is 3.16. The van der Waals surface area contributed by atoms with Crippen LogP contribution < -0.4 is 19.9 Å². The van der Waals surface area contributed by atoms with Gasteiger partial charge in [-0.25, -0.2) is 0 Å². The number of nitrogens with two attached hydrogens (primary N) is 1. The van der Waals surface area contributed by atoms with Gasteiger partial charge >= 0.3 is 0 Å². The summed E-state index contributed by atoms with van der Waals surface area (Å²) in [6.07, 6.45) is 0. The van der Waals surface area contributed by atoms with E-state index in [-0.39, 0.29) is 5.88 Å². The number of aromatic nitrogens is 2. The van der Waals surface area contributed by atoms with Gasteiger partial charge in [-0.15, -0.1) is 5.10 Å². The van der Waals surface area contributed by atoms with Gasteiger partial charge in [-0.05, 0) is 45.8 Å². The van der Waals surface area contributed by atoms with Crippen molar-refractivity contribution in [2.24, 2.45) is 5.73 Å². The smallest absolute Gasteiger partial charge is 0.244 e. The molecular formula is C21H17BrN4O3. The number of methoxy groups -OCH3 is 2. The number of H-pyrrole nitrogens is 1. The van der Waals surface area contributed by atoms with E-state index in [2.05, 4.69) is 32.2 Å². The molecule has 3 N–H and O–H groups in total. The van der Waals surface area contributed by atoms with Crippen molar-refractivity contribution in [1.82, 2.24) is 10.2 Å². The molecule has 7 nitrogen and oxygen atoms in total. The fraction of sp³-hybridized carbons (Fsp3) is 0.143. The monoisotopic (exact) mass is 452 g/mol. The molecule has 146 valence electrons. The molecule has 8 heteroatoms. The highest BCUT2D eigenvalue weighted by Crippen LogP contribution is 2.46. The van der Waals surface area contributed by atoms with Crippen molar-refractivity contribution < 1.29 is 14.2 Å². The molecule has 1 aromatic heterocycles. The summed E-state index contributed by atoms with van der Waals surface area (Å²) in [7, 11) is 3.21. The van der Waals surface area contributed by atoms with Crippen LogP contribution in [-0.4, -0.2) is 24.4 Å². The number of allylic oxidation sites excluding steroid dienone is 1. The van der Waals surface area contributed by atoms with Crippen molar-refractivity contribution >= 4 is 15.9 Å². The van der Waals surface area contributed by atoms with Crippen LogP contribution in [0.25, 0.3) is 11.3 Å². The number of hydrogen-bond acceptors (Lipinski definition) is 6. The van der Waals surface area contributed by atoms with E-state index in [0.717, 1.165) is 26.9 Å². The molecule has 1 aliphatic heterocycles. The second kappa shape index (κ2) is 7.53. The van der Waals surface area contributed by atoms with Crippen LogP contribution >= 0.6 is 15.9 Å². The third-order valence-corrected chi connectivity index (χ3v) is 5.43. The fourth-order valence-corrected chi connectivity index (χ4v) is 4.00. The number of halogens is 1. The molecular weight excluding hydrogens is 436 g/mol. The summed E-state index contributed by atoms with van der Waals surface area (Å²) in [5.74, 6) is 1.33. The lowest BCUT2D eigenvalue weighted by molar-refractivity contribution is 0.379. The molecule has 1 atom stereocenters. The number of ether oxygens (including phenoxy) is 3. The Morgan fingerprint density at radius 3 is 2.72 bits per heavy atom. The zero-order valence-corrected chi connectivity index (χ0v) is 17.3. The van der Waals surface area contributed by atoms with Crippen LogP contribution in [0.15, 0.2) is 58.4 Å². The molecule has 0 unspecified atom stereocenters. The minimum Gasteiger partial charge on any atom is -0.497 e.